The zero-order chi connectivity index (χ0) is 22.8. The number of carbonyl (C=O) groups excluding carboxylic acids is 2. The quantitative estimate of drug-likeness (QED) is 0.472. The number of nitrogens with two attached hydrogens (primary N) is 2. The maximum atomic E-state index is 11.5. The Hall–Kier alpha value is -3.04. The number of nitrogen functional groups attached to an aromatic ring is 2. The Bertz CT molecular complexity index is 757. The number of H-pyrrole nitrogens is 2. The van der Waals surface area contributed by atoms with Crippen molar-refractivity contribution >= 4 is 23.8 Å². The summed E-state index contributed by atoms with van der Waals surface area (Å²) in [6.07, 6.45) is 1.47. The fourth-order valence-electron chi connectivity index (χ4n) is 2.71. The van der Waals surface area contributed by atoms with Crippen LogP contribution >= 0.6 is 0 Å². The number of nitrogens with zero attached hydrogens (tertiary/aromatic N) is 2. The van der Waals surface area contributed by atoms with E-state index >= 15 is 0 Å². The molecule has 2 rings (SSSR count). The highest BCUT2D eigenvalue weighted by atomic mass is 16.5. The fraction of sp³-hybridized carbons (Fsp3) is 0.600. The van der Waals surface area contributed by atoms with E-state index in [2.05, 4.69) is 47.6 Å². The van der Waals surface area contributed by atoms with Gasteiger partial charge in [-0.1, -0.05) is 27.7 Å². The molecule has 0 bridgehead atoms. The Kier molecular flexibility index (Phi) is 9.87. The number of aromatic nitrogens is 4. The molecule has 30 heavy (non-hydrogen) atoms. The molecule has 0 saturated heterocycles. The lowest BCUT2D eigenvalue weighted by molar-refractivity contribution is 0.0509. The van der Waals surface area contributed by atoms with Crippen LogP contribution in [0.4, 0.5) is 11.9 Å². The molecule has 10 heteroatoms. The number of anilines is 2. The van der Waals surface area contributed by atoms with Gasteiger partial charge in [0.15, 0.2) is 23.3 Å². The van der Waals surface area contributed by atoms with E-state index in [4.69, 9.17) is 20.9 Å². The first kappa shape index (κ1) is 25.0. The van der Waals surface area contributed by atoms with Crippen LogP contribution in [0.3, 0.4) is 0 Å². The molecule has 0 aliphatic rings. The van der Waals surface area contributed by atoms with Crippen LogP contribution in [0, 0.1) is 11.8 Å². The number of hydrogen-bond acceptors (Lipinski definition) is 8. The molecule has 6 N–H and O–H groups in total. The van der Waals surface area contributed by atoms with E-state index in [1.165, 1.54) is 0 Å². The Morgan fingerprint density at radius 1 is 0.800 bits per heavy atom. The molecule has 0 spiro atoms. The van der Waals surface area contributed by atoms with E-state index in [0.717, 1.165) is 24.2 Å². The van der Waals surface area contributed by atoms with Gasteiger partial charge in [-0.3, -0.25) is 0 Å². The molecule has 0 amide bonds. The maximum absolute atomic E-state index is 11.5. The molecule has 0 radical (unpaired) electrons. The lowest BCUT2D eigenvalue weighted by Crippen LogP contribution is -2.09. The summed E-state index contributed by atoms with van der Waals surface area (Å²) < 4.78 is 9.77. The molecular formula is C20H34N6O4. The highest BCUT2D eigenvalue weighted by Crippen LogP contribution is 2.15. The molecule has 0 aliphatic heterocycles. The van der Waals surface area contributed by atoms with Crippen LogP contribution in [0.25, 0.3) is 0 Å². The monoisotopic (exact) mass is 422 g/mol. The topological polar surface area (TPSA) is 162 Å². The van der Waals surface area contributed by atoms with Crippen LogP contribution in [0.5, 0.6) is 0 Å². The van der Waals surface area contributed by atoms with Crippen LogP contribution < -0.4 is 11.5 Å². The van der Waals surface area contributed by atoms with Crippen LogP contribution in [0.1, 0.15) is 73.9 Å². The minimum absolute atomic E-state index is 0.258. The summed E-state index contributed by atoms with van der Waals surface area (Å²) in [6.45, 7) is 12.4. The maximum Gasteiger partial charge on any atom is 0.358 e. The third kappa shape index (κ3) is 7.76. The predicted octanol–water partition coefficient (Wildman–Crippen LogP) is 2.73. The Morgan fingerprint density at radius 2 is 1.13 bits per heavy atom. The van der Waals surface area contributed by atoms with Crippen molar-refractivity contribution in [3.8, 4) is 0 Å². The second kappa shape index (κ2) is 11.8. The van der Waals surface area contributed by atoms with E-state index in [0.29, 0.717) is 36.4 Å². The molecule has 0 unspecified atom stereocenters. The Morgan fingerprint density at radius 3 is 1.40 bits per heavy atom. The van der Waals surface area contributed by atoms with Crippen LogP contribution in [-0.2, 0) is 22.3 Å². The summed E-state index contributed by atoms with van der Waals surface area (Å²) in [5.41, 5.74) is 13.1. The number of hydrogen-bond donors (Lipinski definition) is 4. The number of imidazole rings is 2. The van der Waals surface area contributed by atoms with E-state index in [1.54, 1.807) is 13.8 Å². The first-order chi connectivity index (χ1) is 14.1. The third-order valence-electron chi connectivity index (χ3n) is 3.76. The molecular weight excluding hydrogens is 388 g/mol. The first-order valence-electron chi connectivity index (χ1n) is 10.1. The van der Waals surface area contributed by atoms with Gasteiger partial charge in [0.2, 0.25) is 0 Å². The second-order valence-electron chi connectivity index (χ2n) is 7.54. The van der Waals surface area contributed by atoms with E-state index in [-0.39, 0.29) is 11.9 Å². The summed E-state index contributed by atoms with van der Waals surface area (Å²) in [5.74, 6) is 0.542. The largest absolute Gasteiger partial charge is 0.461 e. The average molecular weight is 423 g/mol. The number of esters is 2. The zero-order valence-corrected chi connectivity index (χ0v) is 18.7. The minimum Gasteiger partial charge on any atom is -0.461 e. The summed E-state index contributed by atoms with van der Waals surface area (Å²) >= 11 is 0. The number of aromatic amines is 2. The van der Waals surface area contributed by atoms with Gasteiger partial charge in [0, 0.05) is 0 Å². The molecule has 2 heterocycles. The van der Waals surface area contributed by atoms with Crippen molar-refractivity contribution in [2.24, 2.45) is 11.8 Å². The lowest BCUT2D eigenvalue weighted by Gasteiger charge is -2.04. The van der Waals surface area contributed by atoms with Crippen molar-refractivity contribution in [3.63, 3.8) is 0 Å². The number of ether oxygens (including phenoxy) is 2. The highest BCUT2D eigenvalue weighted by Gasteiger charge is 2.19. The van der Waals surface area contributed by atoms with Gasteiger partial charge in [0.1, 0.15) is 0 Å². The summed E-state index contributed by atoms with van der Waals surface area (Å²) in [5, 5.41) is 0. The van der Waals surface area contributed by atoms with Crippen molar-refractivity contribution in [1.82, 2.24) is 19.9 Å². The van der Waals surface area contributed by atoms with Crippen molar-refractivity contribution in [1.29, 1.82) is 0 Å². The first-order valence-corrected chi connectivity index (χ1v) is 10.1. The smallest absolute Gasteiger partial charge is 0.358 e. The molecule has 0 saturated carbocycles. The molecule has 0 aromatic carbocycles. The molecule has 0 fully saturated rings. The fourth-order valence-corrected chi connectivity index (χ4v) is 2.71. The van der Waals surface area contributed by atoms with Gasteiger partial charge < -0.3 is 30.9 Å². The lowest BCUT2D eigenvalue weighted by atomic mass is 10.1. The van der Waals surface area contributed by atoms with E-state index in [9.17, 15) is 9.59 Å². The summed E-state index contributed by atoms with van der Waals surface area (Å²) in [6, 6.07) is 0. The highest BCUT2D eigenvalue weighted by molar-refractivity contribution is 5.89. The van der Waals surface area contributed by atoms with Crippen molar-refractivity contribution in [2.75, 3.05) is 24.7 Å². The van der Waals surface area contributed by atoms with Gasteiger partial charge in [-0.05, 0) is 38.5 Å². The molecule has 168 valence electrons. The Balaban J connectivity index is 0.000000300. The Labute approximate surface area is 177 Å². The van der Waals surface area contributed by atoms with Crippen molar-refractivity contribution in [3.05, 3.63) is 22.8 Å². The van der Waals surface area contributed by atoms with Gasteiger partial charge in [0.05, 0.1) is 24.6 Å². The predicted molar refractivity (Wildman–Crippen MR) is 115 cm³/mol. The standard InChI is InChI=1S/2C10H17N3O2/c2*1-4-15-9(14)8-7(5-6(2)3)12-10(11)13-8/h2*6H,4-5H2,1-3H3,(H3,11,12,13). The summed E-state index contributed by atoms with van der Waals surface area (Å²) in [7, 11) is 0. The van der Waals surface area contributed by atoms with E-state index < -0.39 is 11.9 Å². The van der Waals surface area contributed by atoms with Crippen LogP contribution in [-0.4, -0.2) is 45.1 Å². The molecule has 2 aromatic heterocycles. The minimum atomic E-state index is -0.416. The van der Waals surface area contributed by atoms with Gasteiger partial charge in [-0.2, -0.15) is 0 Å². The zero-order valence-electron chi connectivity index (χ0n) is 18.7. The summed E-state index contributed by atoms with van der Waals surface area (Å²) in [4.78, 5) is 36.6. The number of carbonyl (C=O) groups is 2. The molecule has 0 aliphatic carbocycles. The average Bonchev–Trinajstić information content (AvgIpc) is 3.17. The number of rotatable bonds is 8. The molecule has 0 atom stereocenters. The number of nitrogens with one attached hydrogen (secondary N) is 2. The van der Waals surface area contributed by atoms with Crippen molar-refractivity contribution in [2.45, 2.75) is 54.4 Å². The molecule has 10 nitrogen and oxygen atoms in total. The van der Waals surface area contributed by atoms with E-state index in [1.807, 2.05) is 0 Å². The normalized spacial score (nSPS) is 10.7. The van der Waals surface area contributed by atoms with Gasteiger partial charge >= 0.3 is 11.9 Å². The second-order valence-corrected chi connectivity index (χ2v) is 7.54. The van der Waals surface area contributed by atoms with Gasteiger partial charge in [-0.15, -0.1) is 0 Å². The molecule has 2 aromatic rings. The van der Waals surface area contributed by atoms with Gasteiger partial charge in [-0.25, -0.2) is 19.6 Å². The van der Waals surface area contributed by atoms with Crippen LogP contribution in [0.2, 0.25) is 0 Å². The van der Waals surface area contributed by atoms with Crippen molar-refractivity contribution < 1.29 is 19.1 Å². The van der Waals surface area contributed by atoms with Gasteiger partial charge in [0.25, 0.3) is 0 Å². The SMILES string of the molecule is CCOC(=O)c1nc(N)[nH]c1CC(C)C.CCOC(=O)c1nc(N)[nH]c1CC(C)C. The third-order valence-corrected chi connectivity index (χ3v) is 3.76. The van der Waals surface area contributed by atoms with Crippen LogP contribution in [0.15, 0.2) is 0 Å².